The quantitative estimate of drug-likeness (QED) is 0.659. The molecule has 1 heterocycles. The third-order valence-electron chi connectivity index (χ3n) is 4.96. The zero-order chi connectivity index (χ0) is 15.5. The van der Waals surface area contributed by atoms with Gasteiger partial charge in [0.05, 0.1) is 13.2 Å². The molecule has 0 aromatic carbocycles. The van der Waals surface area contributed by atoms with Crippen LogP contribution < -0.4 is 16.0 Å². The summed E-state index contributed by atoms with van der Waals surface area (Å²) in [6.45, 7) is 7.04. The number of hydrogen-bond acceptors (Lipinski definition) is 4. The van der Waals surface area contributed by atoms with Crippen LogP contribution in [0.2, 0.25) is 0 Å². The average Bonchev–Trinajstić information content (AvgIpc) is 2.48. The Balaban J connectivity index is 2.10. The van der Waals surface area contributed by atoms with Crippen LogP contribution in [0.4, 0.5) is 0 Å². The monoisotopic (exact) mass is 291 g/mol. The van der Waals surface area contributed by atoms with E-state index in [1.54, 1.807) is 7.11 Å². The molecule has 1 fully saturated rings. The summed E-state index contributed by atoms with van der Waals surface area (Å²) in [6.07, 6.45) is 6.72. The zero-order valence-corrected chi connectivity index (χ0v) is 13.7. The standard InChI is InChI=1S/C17H29N3O/c1-17(2,3)13-9-7-12(8-10-13)15(20-18)16-14(21-4)6-5-11-19-16/h5-6,11-13,15,20H,7-10,18H2,1-4H3. The van der Waals surface area contributed by atoms with E-state index >= 15 is 0 Å². The first-order valence-electron chi connectivity index (χ1n) is 7.92. The van der Waals surface area contributed by atoms with Gasteiger partial charge in [-0.05, 0) is 55.1 Å². The normalized spacial score (nSPS) is 24.6. The van der Waals surface area contributed by atoms with Crippen LogP contribution in [0.1, 0.15) is 58.2 Å². The summed E-state index contributed by atoms with van der Waals surface area (Å²) in [4.78, 5) is 4.50. The smallest absolute Gasteiger partial charge is 0.142 e. The van der Waals surface area contributed by atoms with Gasteiger partial charge in [0.1, 0.15) is 11.4 Å². The van der Waals surface area contributed by atoms with Gasteiger partial charge in [-0.25, -0.2) is 0 Å². The first-order valence-corrected chi connectivity index (χ1v) is 7.92. The van der Waals surface area contributed by atoms with E-state index in [0.29, 0.717) is 11.3 Å². The fourth-order valence-corrected chi connectivity index (χ4v) is 3.57. The van der Waals surface area contributed by atoms with Crippen LogP contribution in [-0.4, -0.2) is 12.1 Å². The summed E-state index contributed by atoms with van der Waals surface area (Å²) in [5.41, 5.74) is 4.31. The lowest BCUT2D eigenvalue weighted by atomic mass is 9.68. The van der Waals surface area contributed by atoms with Crippen molar-refractivity contribution in [2.24, 2.45) is 23.1 Å². The third-order valence-corrected chi connectivity index (χ3v) is 4.96. The Hall–Kier alpha value is -1.13. The SMILES string of the molecule is COc1cccnc1C(NN)C1CCC(C(C)(C)C)CC1. The van der Waals surface area contributed by atoms with Crippen LogP contribution in [0.3, 0.4) is 0 Å². The zero-order valence-electron chi connectivity index (χ0n) is 13.7. The van der Waals surface area contributed by atoms with E-state index in [1.807, 2.05) is 18.3 Å². The van der Waals surface area contributed by atoms with E-state index in [-0.39, 0.29) is 6.04 Å². The van der Waals surface area contributed by atoms with E-state index < -0.39 is 0 Å². The van der Waals surface area contributed by atoms with Crippen LogP contribution in [-0.2, 0) is 0 Å². The van der Waals surface area contributed by atoms with E-state index in [2.05, 4.69) is 31.2 Å². The van der Waals surface area contributed by atoms with Crippen LogP contribution in [0, 0.1) is 17.3 Å². The van der Waals surface area contributed by atoms with Gasteiger partial charge in [-0.2, -0.15) is 0 Å². The first kappa shape index (κ1) is 16.2. The number of aromatic nitrogens is 1. The van der Waals surface area contributed by atoms with Crippen molar-refractivity contribution in [3.05, 3.63) is 24.0 Å². The molecule has 1 unspecified atom stereocenters. The summed E-state index contributed by atoms with van der Waals surface area (Å²) in [7, 11) is 1.69. The molecular formula is C17H29N3O. The van der Waals surface area contributed by atoms with Gasteiger partial charge >= 0.3 is 0 Å². The van der Waals surface area contributed by atoms with Crippen LogP contribution >= 0.6 is 0 Å². The number of rotatable bonds is 4. The molecule has 0 spiro atoms. The molecule has 0 radical (unpaired) electrons. The molecule has 118 valence electrons. The van der Waals surface area contributed by atoms with E-state index in [1.165, 1.54) is 25.7 Å². The number of ether oxygens (including phenoxy) is 1. The number of hydrogen-bond donors (Lipinski definition) is 2. The molecule has 1 aliphatic rings. The molecule has 2 rings (SSSR count). The number of nitrogens with two attached hydrogens (primary N) is 1. The van der Waals surface area contributed by atoms with Crippen LogP contribution in [0.15, 0.2) is 18.3 Å². The second kappa shape index (κ2) is 6.75. The van der Waals surface area contributed by atoms with E-state index in [0.717, 1.165) is 17.4 Å². The fourth-order valence-electron chi connectivity index (χ4n) is 3.57. The average molecular weight is 291 g/mol. The highest BCUT2D eigenvalue weighted by Crippen LogP contribution is 2.43. The van der Waals surface area contributed by atoms with Crippen molar-refractivity contribution in [3.63, 3.8) is 0 Å². The number of pyridine rings is 1. The number of nitrogens with zero attached hydrogens (tertiary/aromatic N) is 1. The predicted octanol–water partition coefficient (Wildman–Crippen LogP) is 3.45. The largest absolute Gasteiger partial charge is 0.495 e. The van der Waals surface area contributed by atoms with Crippen molar-refractivity contribution in [3.8, 4) is 5.75 Å². The minimum Gasteiger partial charge on any atom is -0.495 e. The van der Waals surface area contributed by atoms with E-state index in [4.69, 9.17) is 10.6 Å². The van der Waals surface area contributed by atoms with Gasteiger partial charge in [0.15, 0.2) is 0 Å². The molecule has 21 heavy (non-hydrogen) atoms. The Labute approximate surface area is 128 Å². The second-order valence-corrected chi connectivity index (χ2v) is 7.21. The topological polar surface area (TPSA) is 60.2 Å². The maximum Gasteiger partial charge on any atom is 0.142 e. The van der Waals surface area contributed by atoms with Crippen molar-refractivity contribution in [2.75, 3.05) is 7.11 Å². The van der Waals surface area contributed by atoms with E-state index in [9.17, 15) is 0 Å². The second-order valence-electron chi connectivity index (χ2n) is 7.21. The molecule has 4 heteroatoms. The van der Waals surface area contributed by atoms with Gasteiger partial charge in [-0.1, -0.05) is 20.8 Å². The predicted molar refractivity (Wildman–Crippen MR) is 85.8 cm³/mol. The van der Waals surface area contributed by atoms with Crippen molar-refractivity contribution in [1.29, 1.82) is 0 Å². The molecule has 3 N–H and O–H groups in total. The van der Waals surface area contributed by atoms with Crippen molar-refractivity contribution >= 4 is 0 Å². The number of hydrazine groups is 1. The van der Waals surface area contributed by atoms with Crippen molar-refractivity contribution < 1.29 is 4.74 Å². The van der Waals surface area contributed by atoms with Crippen LogP contribution in [0.25, 0.3) is 0 Å². The first-order chi connectivity index (χ1) is 9.97. The maximum absolute atomic E-state index is 5.83. The summed E-state index contributed by atoms with van der Waals surface area (Å²) < 4.78 is 5.44. The highest BCUT2D eigenvalue weighted by Gasteiger charge is 2.34. The minimum absolute atomic E-state index is 0.0714. The van der Waals surface area contributed by atoms with Gasteiger partial charge < -0.3 is 4.74 Å². The molecule has 1 aromatic rings. The summed E-state index contributed by atoms with van der Waals surface area (Å²) in [6, 6.07) is 3.92. The Kier molecular flexibility index (Phi) is 5.22. The van der Waals surface area contributed by atoms with Crippen molar-refractivity contribution in [2.45, 2.75) is 52.5 Å². The summed E-state index contributed by atoms with van der Waals surface area (Å²) in [5, 5.41) is 0. The number of nitrogens with one attached hydrogen (secondary N) is 1. The van der Waals surface area contributed by atoms with Crippen molar-refractivity contribution in [1.82, 2.24) is 10.4 Å². The van der Waals surface area contributed by atoms with Gasteiger partial charge in [0.25, 0.3) is 0 Å². The van der Waals surface area contributed by atoms with Gasteiger partial charge in [0, 0.05) is 6.20 Å². The third kappa shape index (κ3) is 3.74. The Morgan fingerprint density at radius 2 is 1.95 bits per heavy atom. The minimum atomic E-state index is 0.0714. The molecule has 1 aromatic heterocycles. The highest BCUT2D eigenvalue weighted by atomic mass is 16.5. The van der Waals surface area contributed by atoms with Gasteiger partial charge in [-0.15, -0.1) is 0 Å². The Morgan fingerprint density at radius 1 is 1.29 bits per heavy atom. The molecular weight excluding hydrogens is 262 g/mol. The molecule has 0 saturated heterocycles. The molecule has 1 atom stereocenters. The lowest BCUT2D eigenvalue weighted by Crippen LogP contribution is -2.37. The molecule has 4 nitrogen and oxygen atoms in total. The Morgan fingerprint density at radius 3 is 2.48 bits per heavy atom. The summed E-state index contributed by atoms with van der Waals surface area (Å²) >= 11 is 0. The van der Waals surface area contributed by atoms with Gasteiger partial charge in [0.2, 0.25) is 0 Å². The fraction of sp³-hybridized carbons (Fsp3) is 0.706. The molecule has 1 aliphatic carbocycles. The van der Waals surface area contributed by atoms with Crippen LogP contribution in [0.5, 0.6) is 5.75 Å². The Bertz CT molecular complexity index is 448. The molecule has 1 saturated carbocycles. The molecule has 0 bridgehead atoms. The van der Waals surface area contributed by atoms with Gasteiger partial charge in [-0.3, -0.25) is 16.3 Å². The maximum atomic E-state index is 5.83. The molecule has 0 aliphatic heterocycles. The number of methoxy groups -OCH3 is 1. The molecule has 0 amide bonds. The lowest BCUT2D eigenvalue weighted by molar-refractivity contribution is 0.131. The lowest BCUT2D eigenvalue weighted by Gasteiger charge is -2.39. The summed E-state index contributed by atoms with van der Waals surface area (Å²) in [5.74, 6) is 7.98. The highest BCUT2D eigenvalue weighted by molar-refractivity contribution is 5.30.